The first kappa shape index (κ1) is 11.3. The molecule has 1 saturated heterocycles. The van der Waals surface area contributed by atoms with E-state index in [4.69, 9.17) is 0 Å². The molecule has 2 aliphatic rings. The lowest BCUT2D eigenvalue weighted by atomic mass is 9.77. The van der Waals surface area contributed by atoms with Gasteiger partial charge in [-0.15, -0.1) is 0 Å². The first-order valence-electron chi connectivity index (χ1n) is 7.23. The molecule has 2 unspecified atom stereocenters. The summed E-state index contributed by atoms with van der Waals surface area (Å²) in [4.78, 5) is 0. The molecule has 1 aliphatic heterocycles. The minimum Gasteiger partial charge on any atom is -0.313 e. The van der Waals surface area contributed by atoms with Crippen LogP contribution in [0.25, 0.3) is 0 Å². The topological polar surface area (TPSA) is 12.0 Å². The Morgan fingerprint density at radius 2 is 1.65 bits per heavy atom. The Hall–Kier alpha value is -0.820. The molecule has 1 aromatic carbocycles. The Balaban J connectivity index is 1.75. The molecule has 0 bridgehead atoms. The average molecular weight is 229 g/mol. The van der Waals surface area contributed by atoms with Crippen molar-refractivity contribution in [3.63, 3.8) is 0 Å². The fourth-order valence-corrected chi connectivity index (χ4v) is 3.79. The molecule has 1 saturated carbocycles. The summed E-state index contributed by atoms with van der Waals surface area (Å²) in [7, 11) is 0. The molecule has 2 atom stereocenters. The minimum absolute atomic E-state index is 0.748. The summed E-state index contributed by atoms with van der Waals surface area (Å²) in [5.41, 5.74) is 1.55. The van der Waals surface area contributed by atoms with Gasteiger partial charge in [-0.2, -0.15) is 0 Å². The van der Waals surface area contributed by atoms with E-state index in [9.17, 15) is 0 Å². The van der Waals surface area contributed by atoms with Gasteiger partial charge in [0.1, 0.15) is 0 Å². The zero-order valence-corrected chi connectivity index (χ0v) is 10.6. The summed E-state index contributed by atoms with van der Waals surface area (Å²) in [5.74, 6) is 1.69. The van der Waals surface area contributed by atoms with E-state index in [1.807, 2.05) is 0 Å². The predicted octanol–water partition coefficient (Wildman–Crippen LogP) is 3.71. The molecule has 17 heavy (non-hydrogen) atoms. The molecule has 1 heteroatoms. The zero-order valence-electron chi connectivity index (χ0n) is 10.6. The van der Waals surface area contributed by atoms with Gasteiger partial charge in [0.05, 0.1) is 0 Å². The maximum Gasteiger partial charge on any atom is 0.0164 e. The second-order valence-electron chi connectivity index (χ2n) is 5.68. The third-order valence-corrected chi connectivity index (χ3v) is 4.65. The first-order chi connectivity index (χ1) is 8.45. The van der Waals surface area contributed by atoms with Gasteiger partial charge in [0.2, 0.25) is 0 Å². The molecule has 3 rings (SSSR count). The Morgan fingerprint density at radius 1 is 0.882 bits per heavy atom. The van der Waals surface area contributed by atoms with E-state index in [1.54, 1.807) is 5.56 Å². The molecule has 2 fully saturated rings. The summed E-state index contributed by atoms with van der Waals surface area (Å²) < 4.78 is 0. The minimum atomic E-state index is 0.748. The highest BCUT2D eigenvalue weighted by Crippen LogP contribution is 2.37. The third kappa shape index (κ3) is 2.40. The van der Waals surface area contributed by atoms with Crippen LogP contribution in [0.3, 0.4) is 0 Å². The second-order valence-corrected chi connectivity index (χ2v) is 5.68. The number of rotatable bonds is 2. The molecule has 1 nitrogen and oxygen atoms in total. The van der Waals surface area contributed by atoms with Crippen molar-refractivity contribution in [1.29, 1.82) is 0 Å². The van der Waals surface area contributed by atoms with Gasteiger partial charge < -0.3 is 5.32 Å². The summed E-state index contributed by atoms with van der Waals surface area (Å²) in [5, 5.41) is 3.77. The summed E-state index contributed by atoms with van der Waals surface area (Å²) >= 11 is 0. The molecule has 1 N–H and O–H groups in total. The lowest BCUT2D eigenvalue weighted by Crippen LogP contribution is -2.35. The van der Waals surface area contributed by atoms with Crippen LogP contribution < -0.4 is 5.32 Å². The monoisotopic (exact) mass is 229 g/mol. The van der Waals surface area contributed by atoms with Crippen molar-refractivity contribution in [2.75, 3.05) is 6.54 Å². The van der Waals surface area contributed by atoms with Crippen molar-refractivity contribution in [3.8, 4) is 0 Å². The Morgan fingerprint density at radius 3 is 2.41 bits per heavy atom. The second kappa shape index (κ2) is 5.22. The number of hydrogen-bond donors (Lipinski definition) is 1. The van der Waals surface area contributed by atoms with E-state index in [2.05, 4.69) is 35.6 Å². The smallest absolute Gasteiger partial charge is 0.0164 e. The van der Waals surface area contributed by atoms with Crippen molar-refractivity contribution in [3.05, 3.63) is 35.9 Å². The van der Waals surface area contributed by atoms with Crippen LogP contribution in [0.5, 0.6) is 0 Å². The van der Waals surface area contributed by atoms with Crippen molar-refractivity contribution in [2.45, 2.75) is 50.5 Å². The van der Waals surface area contributed by atoms with E-state index in [0.717, 1.165) is 17.9 Å². The van der Waals surface area contributed by atoms with Crippen molar-refractivity contribution in [1.82, 2.24) is 5.32 Å². The molecule has 1 aromatic rings. The fraction of sp³-hybridized carbons (Fsp3) is 0.625. The van der Waals surface area contributed by atoms with E-state index >= 15 is 0 Å². The largest absolute Gasteiger partial charge is 0.313 e. The molecule has 0 radical (unpaired) electrons. The standard InChI is InChI=1S/C16H23N/c1-3-7-13(8-4-1)15-11-12-17-16(15)14-9-5-2-6-10-14/h1,3-4,7-8,14-17H,2,5-6,9-12H2. The molecule has 0 amide bonds. The van der Waals surface area contributed by atoms with Gasteiger partial charge in [-0.25, -0.2) is 0 Å². The van der Waals surface area contributed by atoms with Crippen LogP contribution in [0.2, 0.25) is 0 Å². The maximum atomic E-state index is 3.77. The molecular formula is C16H23N. The summed E-state index contributed by atoms with van der Waals surface area (Å²) in [6.45, 7) is 1.21. The maximum absolute atomic E-state index is 3.77. The first-order valence-corrected chi connectivity index (χ1v) is 7.23. The average Bonchev–Trinajstić information content (AvgIpc) is 2.90. The predicted molar refractivity (Wildman–Crippen MR) is 72.2 cm³/mol. The molecular weight excluding hydrogens is 206 g/mol. The highest BCUT2D eigenvalue weighted by atomic mass is 15.0. The highest BCUT2D eigenvalue weighted by Gasteiger charge is 2.34. The Bertz CT molecular complexity index is 340. The number of benzene rings is 1. The molecule has 1 heterocycles. The van der Waals surface area contributed by atoms with Crippen LogP contribution in [0.1, 0.15) is 50.0 Å². The Labute approximate surface area is 105 Å². The Kier molecular flexibility index (Phi) is 3.46. The van der Waals surface area contributed by atoms with Crippen molar-refractivity contribution < 1.29 is 0 Å². The van der Waals surface area contributed by atoms with Crippen LogP contribution in [0.15, 0.2) is 30.3 Å². The quantitative estimate of drug-likeness (QED) is 0.815. The normalized spacial score (nSPS) is 30.6. The third-order valence-electron chi connectivity index (χ3n) is 4.65. The van der Waals surface area contributed by atoms with Crippen LogP contribution in [0.4, 0.5) is 0 Å². The lowest BCUT2D eigenvalue weighted by Gasteiger charge is -2.31. The molecule has 0 spiro atoms. The van der Waals surface area contributed by atoms with Crippen LogP contribution in [0, 0.1) is 5.92 Å². The van der Waals surface area contributed by atoms with E-state index in [0.29, 0.717) is 0 Å². The van der Waals surface area contributed by atoms with Crippen LogP contribution in [-0.2, 0) is 0 Å². The summed E-state index contributed by atoms with van der Waals surface area (Å²) in [6, 6.07) is 11.9. The SMILES string of the molecule is c1ccc(C2CCNC2C2CCCCC2)cc1. The number of hydrogen-bond acceptors (Lipinski definition) is 1. The zero-order chi connectivity index (χ0) is 11.5. The lowest BCUT2D eigenvalue weighted by molar-refractivity contribution is 0.273. The number of nitrogens with one attached hydrogen (secondary N) is 1. The van der Waals surface area contributed by atoms with Crippen LogP contribution >= 0.6 is 0 Å². The molecule has 1 aliphatic carbocycles. The van der Waals surface area contributed by atoms with Gasteiger partial charge >= 0.3 is 0 Å². The highest BCUT2D eigenvalue weighted by molar-refractivity contribution is 5.23. The van der Waals surface area contributed by atoms with Crippen LogP contribution in [-0.4, -0.2) is 12.6 Å². The van der Waals surface area contributed by atoms with Gasteiger partial charge in [0.25, 0.3) is 0 Å². The van der Waals surface area contributed by atoms with Gasteiger partial charge in [0, 0.05) is 12.0 Å². The van der Waals surface area contributed by atoms with Gasteiger partial charge in [-0.3, -0.25) is 0 Å². The van der Waals surface area contributed by atoms with E-state index < -0.39 is 0 Å². The van der Waals surface area contributed by atoms with E-state index in [1.165, 1.54) is 45.1 Å². The van der Waals surface area contributed by atoms with Crippen molar-refractivity contribution in [2.24, 2.45) is 5.92 Å². The van der Waals surface area contributed by atoms with Crippen molar-refractivity contribution >= 4 is 0 Å². The molecule has 92 valence electrons. The van der Waals surface area contributed by atoms with E-state index in [-0.39, 0.29) is 0 Å². The summed E-state index contributed by atoms with van der Waals surface area (Å²) in [6.07, 6.45) is 8.57. The fourth-order valence-electron chi connectivity index (χ4n) is 3.79. The molecule has 0 aromatic heterocycles. The van der Waals surface area contributed by atoms with Gasteiger partial charge in [-0.05, 0) is 37.3 Å². The van der Waals surface area contributed by atoms with Gasteiger partial charge in [0.15, 0.2) is 0 Å². The van der Waals surface area contributed by atoms with Gasteiger partial charge in [-0.1, -0.05) is 49.6 Å².